The Balaban J connectivity index is 2.03. The Morgan fingerprint density at radius 3 is 2.95 bits per heavy atom. The molecule has 0 spiro atoms. The van der Waals surface area contributed by atoms with E-state index in [0.717, 1.165) is 29.4 Å². The van der Waals surface area contributed by atoms with Crippen LogP contribution in [0, 0.1) is 11.3 Å². The molecular weight excluding hydrogens is 260 g/mol. The Morgan fingerprint density at radius 2 is 2.26 bits per heavy atom. The minimum Gasteiger partial charge on any atom is -0.366 e. The Hall–Kier alpha value is -1.74. The highest BCUT2D eigenvalue weighted by atomic mass is 32.2. The van der Waals surface area contributed by atoms with Gasteiger partial charge >= 0.3 is 0 Å². The van der Waals surface area contributed by atoms with Crippen LogP contribution in [0.1, 0.15) is 31.2 Å². The third kappa shape index (κ3) is 2.26. The number of hydroxylamine groups is 1. The molecule has 1 aliphatic carbocycles. The van der Waals surface area contributed by atoms with E-state index < -0.39 is 0 Å². The molecular formula is C13H14N4OS. The molecule has 1 fully saturated rings. The monoisotopic (exact) mass is 274 g/mol. The van der Waals surface area contributed by atoms with Gasteiger partial charge in [0.15, 0.2) is 11.0 Å². The van der Waals surface area contributed by atoms with Crippen molar-refractivity contribution in [3.05, 3.63) is 17.5 Å². The summed E-state index contributed by atoms with van der Waals surface area (Å²) < 4.78 is 0. The molecule has 0 unspecified atom stereocenters. The third-order valence-corrected chi connectivity index (χ3v) is 3.98. The van der Waals surface area contributed by atoms with Gasteiger partial charge < -0.3 is 4.84 Å². The van der Waals surface area contributed by atoms with E-state index in [2.05, 4.69) is 16.0 Å². The molecule has 3 rings (SSSR count). The number of aromatic nitrogens is 2. The van der Waals surface area contributed by atoms with Gasteiger partial charge in [-0.3, -0.25) is 0 Å². The molecule has 5 nitrogen and oxygen atoms in total. The molecule has 0 atom stereocenters. The van der Waals surface area contributed by atoms with E-state index in [-0.39, 0.29) is 0 Å². The molecule has 1 aliphatic heterocycles. The van der Waals surface area contributed by atoms with Crippen LogP contribution in [-0.4, -0.2) is 22.3 Å². The summed E-state index contributed by atoms with van der Waals surface area (Å²) in [6.07, 6.45) is 9.97. The van der Waals surface area contributed by atoms with Crippen LogP contribution in [0.3, 0.4) is 0 Å². The fourth-order valence-electron chi connectivity index (χ4n) is 2.50. The first kappa shape index (κ1) is 12.3. The van der Waals surface area contributed by atoms with Crippen LogP contribution < -0.4 is 5.06 Å². The summed E-state index contributed by atoms with van der Waals surface area (Å²) in [5.74, 6) is 1.09. The van der Waals surface area contributed by atoms with E-state index in [1.807, 2.05) is 11.3 Å². The molecule has 1 aromatic rings. The molecule has 0 radical (unpaired) electrons. The lowest BCUT2D eigenvalue weighted by atomic mass is 10.2. The molecule has 0 N–H and O–H groups in total. The highest BCUT2D eigenvalue weighted by molar-refractivity contribution is 7.98. The van der Waals surface area contributed by atoms with Crippen molar-refractivity contribution >= 4 is 23.7 Å². The minimum absolute atomic E-state index is 0.305. The number of nitrogens with zero attached hydrogens (tertiary/aromatic N) is 4. The fourth-order valence-corrected chi connectivity index (χ4v) is 2.83. The Morgan fingerprint density at radius 1 is 1.47 bits per heavy atom. The van der Waals surface area contributed by atoms with Crippen molar-refractivity contribution in [3.63, 3.8) is 0 Å². The van der Waals surface area contributed by atoms with Crippen LogP contribution in [0.15, 0.2) is 17.1 Å². The van der Waals surface area contributed by atoms with Crippen molar-refractivity contribution in [1.29, 1.82) is 5.26 Å². The number of hydrogen-bond donors (Lipinski definition) is 0. The third-order valence-electron chi connectivity index (χ3n) is 3.41. The molecule has 1 saturated carbocycles. The van der Waals surface area contributed by atoms with E-state index in [9.17, 15) is 0 Å². The zero-order valence-corrected chi connectivity index (χ0v) is 11.5. The van der Waals surface area contributed by atoms with E-state index in [1.54, 1.807) is 12.3 Å². The molecule has 0 bridgehead atoms. The summed E-state index contributed by atoms with van der Waals surface area (Å²) in [7, 11) is 0. The van der Waals surface area contributed by atoms with Gasteiger partial charge in [-0.1, -0.05) is 24.6 Å². The van der Waals surface area contributed by atoms with Crippen LogP contribution in [-0.2, 0) is 4.84 Å². The van der Waals surface area contributed by atoms with Crippen molar-refractivity contribution in [2.45, 2.75) is 36.9 Å². The molecule has 98 valence electrons. The smallest absolute Gasteiger partial charge is 0.232 e. The molecule has 0 saturated heterocycles. The fraction of sp³-hybridized carbons (Fsp3) is 0.462. The average Bonchev–Trinajstić information content (AvgIpc) is 2.99. The lowest BCUT2D eigenvalue weighted by molar-refractivity contribution is 0.160. The SMILES string of the molecule is CSc1ncc2c(n1)N(C1CCCC1)OC(C#N)=C2. The maximum Gasteiger partial charge on any atom is 0.232 e. The van der Waals surface area contributed by atoms with Gasteiger partial charge in [-0.05, 0) is 19.1 Å². The van der Waals surface area contributed by atoms with E-state index >= 15 is 0 Å². The van der Waals surface area contributed by atoms with Gasteiger partial charge in [0, 0.05) is 17.8 Å². The highest BCUT2D eigenvalue weighted by Crippen LogP contribution is 2.34. The summed E-state index contributed by atoms with van der Waals surface area (Å²) in [6, 6.07) is 2.37. The first-order chi connectivity index (χ1) is 9.31. The zero-order chi connectivity index (χ0) is 13.2. The predicted molar refractivity (Wildman–Crippen MR) is 73.2 cm³/mol. The van der Waals surface area contributed by atoms with Crippen LogP contribution >= 0.6 is 11.8 Å². The van der Waals surface area contributed by atoms with Gasteiger partial charge in [0.25, 0.3) is 0 Å². The normalized spacial score (nSPS) is 18.5. The van der Waals surface area contributed by atoms with E-state index in [0.29, 0.717) is 11.8 Å². The van der Waals surface area contributed by atoms with Crippen LogP contribution in [0.2, 0.25) is 0 Å². The molecule has 1 aromatic heterocycles. The van der Waals surface area contributed by atoms with Crippen molar-refractivity contribution in [2.24, 2.45) is 0 Å². The number of thioether (sulfide) groups is 1. The predicted octanol–water partition coefficient (Wildman–Crippen LogP) is 2.76. The first-order valence-electron chi connectivity index (χ1n) is 6.32. The second-order valence-electron chi connectivity index (χ2n) is 4.61. The molecule has 0 amide bonds. The zero-order valence-electron chi connectivity index (χ0n) is 10.7. The van der Waals surface area contributed by atoms with Crippen molar-refractivity contribution in [2.75, 3.05) is 11.3 Å². The number of nitriles is 1. The van der Waals surface area contributed by atoms with E-state index in [4.69, 9.17) is 10.1 Å². The largest absolute Gasteiger partial charge is 0.366 e. The molecule has 2 aliphatic rings. The van der Waals surface area contributed by atoms with E-state index in [1.165, 1.54) is 24.6 Å². The summed E-state index contributed by atoms with van der Waals surface area (Å²) >= 11 is 1.50. The Bertz CT molecular complexity index is 560. The number of rotatable bonds is 2. The van der Waals surface area contributed by atoms with Gasteiger partial charge in [0.05, 0.1) is 6.04 Å². The average molecular weight is 274 g/mol. The lowest BCUT2D eigenvalue weighted by Crippen LogP contribution is -2.36. The van der Waals surface area contributed by atoms with Gasteiger partial charge in [-0.2, -0.15) is 10.3 Å². The van der Waals surface area contributed by atoms with Crippen LogP contribution in [0.25, 0.3) is 6.08 Å². The molecule has 19 heavy (non-hydrogen) atoms. The Labute approximate surface area is 116 Å². The summed E-state index contributed by atoms with van der Waals surface area (Å²) in [5, 5.41) is 11.6. The second kappa shape index (κ2) is 5.10. The maximum absolute atomic E-state index is 9.06. The summed E-state index contributed by atoms with van der Waals surface area (Å²) in [6.45, 7) is 0. The van der Waals surface area contributed by atoms with Crippen molar-refractivity contribution < 1.29 is 4.84 Å². The summed E-state index contributed by atoms with van der Waals surface area (Å²) in [5.41, 5.74) is 0.854. The van der Waals surface area contributed by atoms with Crippen molar-refractivity contribution in [1.82, 2.24) is 9.97 Å². The van der Waals surface area contributed by atoms with Crippen molar-refractivity contribution in [3.8, 4) is 6.07 Å². The highest BCUT2D eigenvalue weighted by Gasteiger charge is 2.31. The van der Waals surface area contributed by atoms with Crippen LogP contribution in [0.5, 0.6) is 0 Å². The van der Waals surface area contributed by atoms with Crippen LogP contribution in [0.4, 0.5) is 5.82 Å². The topological polar surface area (TPSA) is 62.0 Å². The molecule has 2 heterocycles. The standard InChI is InChI=1S/C13H14N4OS/c1-19-13-15-8-9-6-11(7-14)18-17(12(9)16-13)10-4-2-3-5-10/h6,8,10H,2-5H2,1H3. The van der Waals surface area contributed by atoms with Gasteiger partial charge in [-0.25, -0.2) is 9.97 Å². The molecule has 0 aromatic carbocycles. The minimum atomic E-state index is 0.305. The number of hydrogen-bond acceptors (Lipinski definition) is 6. The number of fused-ring (bicyclic) bond motifs is 1. The first-order valence-corrected chi connectivity index (χ1v) is 7.54. The summed E-state index contributed by atoms with van der Waals surface area (Å²) in [4.78, 5) is 14.5. The second-order valence-corrected chi connectivity index (χ2v) is 5.38. The number of allylic oxidation sites excluding steroid dienone is 1. The quantitative estimate of drug-likeness (QED) is 0.610. The van der Waals surface area contributed by atoms with Gasteiger partial charge in [0.1, 0.15) is 6.07 Å². The van der Waals surface area contributed by atoms with Gasteiger partial charge in [-0.15, -0.1) is 0 Å². The molecule has 6 heteroatoms. The number of anilines is 1. The Kier molecular flexibility index (Phi) is 3.30. The lowest BCUT2D eigenvalue weighted by Gasteiger charge is -2.32. The maximum atomic E-state index is 9.06. The van der Waals surface area contributed by atoms with Gasteiger partial charge in [0.2, 0.25) is 5.76 Å².